The molecule has 0 aliphatic heterocycles. The predicted molar refractivity (Wildman–Crippen MR) is 79.7 cm³/mol. The molecule has 3 N–H and O–H groups in total. The monoisotopic (exact) mass is 277 g/mol. The molecule has 1 aromatic carbocycles. The topological polar surface area (TPSA) is 70.2 Å². The molecule has 0 saturated heterocycles. The fourth-order valence-electron chi connectivity index (χ4n) is 1.89. The number of hydrogen-bond acceptors (Lipinski definition) is 3. The summed E-state index contributed by atoms with van der Waals surface area (Å²) < 4.78 is 0. The maximum atomic E-state index is 12.2. The Morgan fingerprint density at radius 2 is 1.95 bits per heavy atom. The molecule has 1 rings (SSSR count). The minimum atomic E-state index is -0.542. The summed E-state index contributed by atoms with van der Waals surface area (Å²) in [4.78, 5) is 23.9. The smallest absolute Gasteiger partial charge is 0.252 e. The summed E-state index contributed by atoms with van der Waals surface area (Å²) in [5, 5.41) is 8.48. The SMILES string of the molecule is CCNC(=O)C(C)NC(=O)c1ccccc1CCNC. The van der Waals surface area contributed by atoms with Crippen LogP contribution < -0.4 is 16.0 Å². The van der Waals surface area contributed by atoms with Crippen molar-refractivity contribution in [2.45, 2.75) is 26.3 Å². The lowest BCUT2D eigenvalue weighted by Crippen LogP contribution is -2.44. The van der Waals surface area contributed by atoms with Crippen LogP contribution in [0.3, 0.4) is 0 Å². The lowest BCUT2D eigenvalue weighted by atomic mass is 10.0. The van der Waals surface area contributed by atoms with Gasteiger partial charge in [-0.1, -0.05) is 18.2 Å². The first-order chi connectivity index (χ1) is 9.60. The molecule has 2 amide bonds. The van der Waals surface area contributed by atoms with Gasteiger partial charge in [0.1, 0.15) is 6.04 Å². The van der Waals surface area contributed by atoms with E-state index in [4.69, 9.17) is 0 Å². The fraction of sp³-hybridized carbons (Fsp3) is 0.467. The van der Waals surface area contributed by atoms with Crippen LogP contribution in [-0.4, -0.2) is 38.0 Å². The van der Waals surface area contributed by atoms with Crippen LogP contribution in [0.5, 0.6) is 0 Å². The quantitative estimate of drug-likeness (QED) is 0.687. The molecule has 0 heterocycles. The zero-order valence-corrected chi connectivity index (χ0v) is 12.3. The van der Waals surface area contributed by atoms with Crippen molar-refractivity contribution in [3.05, 3.63) is 35.4 Å². The summed E-state index contributed by atoms with van der Waals surface area (Å²) >= 11 is 0. The van der Waals surface area contributed by atoms with Crippen molar-refractivity contribution in [1.82, 2.24) is 16.0 Å². The van der Waals surface area contributed by atoms with Gasteiger partial charge < -0.3 is 16.0 Å². The van der Waals surface area contributed by atoms with Crippen LogP contribution in [0.1, 0.15) is 29.8 Å². The van der Waals surface area contributed by atoms with E-state index < -0.39 is 6.04 Å². The van der Waals surface area contributed by atoms with Crippen LogP contribution in [-0.2, 0) is 11.2 Å². The second-order valence-electron chi connectivity index (χ2n) is 4.60. The molecule has 0 radical (unpaired) electrons. The van der Waals surface area contributed by atoms with E-state index in [2.05, 4.69) is 16.0 Å². The molecule has 110 valence electrons. The third kappa shape index (κ3) is 4.66. The number of hydrogen-bond donors (Lipinski definition) is 3. The molecule has 5 heteroatoms. The number of nitrogens with one attached hydrogen (secondary N) is 3. The maximum Gasteiger partial charge on any atom is 0.252 e. The molecule has 0 aliphatic rings. The van der Waals surface area contributed by atoms with Gasteiger partial charge in [-0.05, 0) is 45.5 Å². The fourth-order valence-corrected chi connectivity index (χ4v) is 1.89. The highest BCUT2D eigenvalue weighted by Crippen LogP contribution is 2.09. The molecular weight excluding hydrogens is 254 g/mol. The van der Waals surface area contributed by atoms with Crippen LogP contribution in [0.15, 0.2) is 24.3 Å². The first-order valence-electron chi connectivity index (χ1n) is 6.91. The predicted octanol–water partition coefficient (Wildman–Crippen LogP) is 0.703. The summed E-state index contributed by atoms with van der Waals surface area (Å²) in [7, 11) is 1.87. The molecule has 5 nitrogen and oxygen atoms in total. The molecule has 1 aromatic rings. The summed E-state index contributed by atoms with van der Waals surface area (Å²) in [6.45, 7) is 4.88. The first kappa shape index (κ1) is 16.2. The standard InChI is InChI=1S/C15H23N3O2/c1-4-17-14(19)11(2)18-15(20)13-8-6-5-7-12(13)9-10-16-3/h5-8,11,16H,4,9-10H2,1-3H3,(H,17,19)(H,18,20). The van der Waals surface area contributed by atoms with E-state index in [1.807, 2.05) is 32.2 Å². The van der Waals surface area contributed by atoms with E-state index >= 15 is 0 Å². The van der Waals surface area contributed by atoms with Crippen molar-refractivity contribution in [3.63, 3.8) is 0 Å². The van der Waals surface area contributed by atoms with Gasteiger partial charge in [-0.15, -0.1) is 0 Å². The van der Waals surface area contributed by atoms with E-state index in [1.54, 1.807) is 13.0 Å². The van der Waals surface area contributed by atoms with Gasteiger partial charge in [0.2, 0.25) is 5.91 Å². The molecular formula is C15H23N3O2. The van der Waals surface area contributed by atoms with Gasteiger partial charge in [-0.3, -0.25) is 9.59 Å². The van der Waals surface area contributed by atoms with Crippen molar-refractivity contribution in [2.24, 2.45) is 0 Å². The molecule has 1 atom stereocenters. The summed E-state index contributed by atoms with van der Waals surface area (Å²) in [6, 6.07) is 6.91. The Morgan fingerprint density at radius 3 is 2.60 bits per heavy atom. The van der Waals surface area contributed by atoms with Gasteiger partial charge in [0, 0.05) is 12.1 Å². The Morgan fingerprint density at radius 1 is 1.25 bits per heavy atom. The van der Waals surface area contributed by atoms with Crippen molar-refractivity contribution in [2.75, 3.05) is 20.1 Å². The molecule has 20 heavy (non-hydrogen) atoms. The lowest BCUT2D eigenvalue weighted by Gasteiger charge is -2.15. The molecule has 0 spiro atoms. The average molecular weight is 277 g/mol. The minimum Gasteiger partial charge on any atom is -0.355 e. The summed E-state index contributed by atoms with van der Waals surface area (Å²) in [5.41, 5.74) is 1.60. The van der Waals surface area contributed by atoms with E-state index in [9.17, 15) is 9.59 Å². The van der Waals surface area contributed by atoms with E-state index in [1.165, 1.54) is 0 Å². The zero-order chi connectivity index (χ0) is 15.0. The zero-order valence-electron chi connectivity index (χ0n) is 12.3. The molecule has 0 saturated carbocycles. The Hall–Kier alpha value is -1.88. The molecule has 0 fully saturated rings. The highest BCUT2D eigenvalue weighted by atomic mass is 16.2. The van der Waals surface area contributed by atoms with E-state index in [0.29, 0.717) is 12.1 Å². The van der Waals surface area contributed by atoms with Crippen LogP contribution in [0, 0.1) is 0 Å². The van der Waals surface area contributed by atoms with Crippen LogP contribution in [0.25, 0.3) is 0 Å². The van der Waals surface area contributed by atoms with Crippen LogP contribution in [0.4, 0.5) is 0 Å². The van der Waals surface area contributed by atoms with Crippen molar-refractivity contribution < 1.29 is 9.59 Å². The van der Waals surface area contributed by atoms with Gasteiger partial charge in [0.05, 0.1) is 0 Å². The lowest BCUT2D eigenvalue weighted by molar-refractivity contribution is -0.122. The second-order valence-corrected chi connectivity index (χ2v) is 4.60. The van der Waals surface area contributed by atoms with Crippen LogP contribution >= 0.6 is 0 Å². The molecule has 0 aromatic heterocycles. The van der Waals surface area contributed by atoms with Gasteiger partial charge in [0.25, 0.3) is 5.91 Å². The Kier molecular flexibility index (Phi) is 6.73. The molecule has 0 bridgehead atoms. The highest BCUT2D eigenvalue weighted by Gasteiger charge is 2.17. The summed E-state index contributed by atoms with van der Waals surface area (Å²) in [5.74, 6) is -0.385. The number of benzene rings is 1. The Labute approximate surface area is 120 Å². The van der Waals surface area contributed by atoms with Gasteiger partial charge in [0.15, 0.2) is 0 Å². The Bertz CT molecular complexity index is 460. The number of carbonyl (C=O) groups is 2. The number of rotatable bonds is 7. The summed E-state index contributed by atoms with van der Waals surface area (Å²) in [6.07, 6.45) is 0.773. The van der Waals surface area contributed by atoms with Crippen molar-refractivity contribution in [1.29, 1.82) is 0 Å². The molecule has 0 aliphatic carbocycles. The third-order valence-electron chi connectivity index (χ3n) is 3.00. The van der Waals surface area contributed by atoms with Gasteiger partial charge >= 0.3 is 0 Å². The van der Waals surface area contributed by atoms with E-state index in [0.717, 1.165) is 18.5 Å². The Balaban J connectivity index is 2.74. The number of likely N-dealkylation sites (N-methyl/N-ethyl adjacent to an activating group) is 2. The molecule has 1 unspecified atom stereocenters. The number of carbonyl (C=O) groups excluding carboxylic acids is 2. The highest BCUT2D eigenvalue weighted by molar-refractivity contribution is 5.98. The maximum absolute atomic E-state index is 12.2. The average Bonchev–Trinajstić information content (AvgIpc) is 2.45. The van der Waals surface area contributed by atoms with Crippen LogP contribution in [0.2, 0.25) is 0 Å². The largest absolute Gasteiger partial charge is 0.355 e. The van der Waals surface area contributed by atoms with Gasteiger partial charge in [-0.25, -0.2) is 0 Å². The van der Waals surface area contributed by atoms with E-state index in [-0.39, 0.29) is 11.8 Å². The minimum absolute atomic E-state index is 0.173. The normalized spacial score (nSPS) is 11.8. The third-order valence-corrected chi connectivity index (χ3v) is 3.00. The van der Waals surface area contributed by atoms with Crippen molar-refractivity contribution >= 4 is 11.8 Å². The van der Waals surface area contributed by atoms with Crippen molar-refractivity contribution in [3.8, 4) is 0 Å². The van der Waals surface area contributed by atoms with Gasteiger partial charge in [-0.2, -0.15) is 0 Å². The second kappa shape index (κ2) is 8.32. The first-order valence-corrected chi connectivity index (χ1v) is 6.91. The number of amides is 2.